The summed E-state index contributed by atoms with van der Waals surface area (Å²) in [4.78, 5) is 35.1. The molecule has 0 aliphatic carbocycles. The number of aryl methyl sites for hydroxylation is 1. The first-order valence-corrected chi connectivity index (χ1v) is 9.02. The molecule has 0 saturated carbocycles. The highest BCUT2D eigenvalue weighted by atomic mass is 16.6. The van der Waals surface area contributed by atoms with Crippen molar-refractivity contribution in [3.8, 4) is 0 Å². The molecule has 1 amide bonds. The van der Waals surface area contributed by atoms with Gasteiger partial charge in [0, 0.05) is 29.0 Å². The van der Waals surface area contributed by atoms with E-state index in [1.165, 1.54) is 36.4 Å². The van der Waals surface area contributed by atoms with Gasteiger partial charge in [0.15, 0.2) is 0 Å². The van der Waals surface area contributed by atoms with Gasteiger partial charge in [-0.15, -0.1) is 0 Å². The summed E-state index contributed by atoms with van der Waals surface area (Å²) in [7, 11) is 0. The van der Waals surface area contributed by atoms with E-state index in [0.29, 0.717) is 11.3 Å². The predicted octanol–water partition coefficient (Wildman–Crippen LogP) is 4.78. The SMILES string of the molecule is Cc1ccc(NC(=O)/C(=C/c2ccc([N+](=O)[O-])cc2)c2ccccc2C(=O)O)cc1. The molecule has 7 heteroatoms. The quantitative estimate of drug-likeness (QED) is 0.267. The number of carbonyl (C=O) groups excluding carboxylic acids is 1. The van der Waals surface area contributed by atoms with Crippen LogP contribution in [0, 0.1) is 17.0 Å². The van der Waals surface area contributed by atoms with Crippen LogP contribution in [0.5, 0.6) is 0 Å². The summed E-state index contributed by atoms with van der Waals surface area (Å²) < 4.78 is 0. The Bertz CT molecular complexity index is 1130. The molecule has 0 aliphatic heterocycles. The molecule has 0 bridgehead atoms. The maximum Gasteiger partial charge on any atom is 0.336 e. The van der Waals surface area contributed by atoms with Crippen molar-refractivity contribution in [1.82, 2.24) is 0 Å². The number of nitro groups is 1. The first-order valence-electron chi connectivity index (χ1n) is 9.02. The van der Waals surface area contributed by atoms with Crippen LogP contribution in [-0.2, 0) is 4.79 Å². The lowest BCUT2D eigenvalue weighted by Crippen LogP contribution is -2.15. The van der Waals surface area contributed by atoms with E-state index in [2.05, 4.69) is 5.32 Å². The fraction of sp³-hybridized carbons (Fsp3) is 0.0435. The normalized spacial score (nSPS) is 11.0. The molecular weight excluding hydrogens is 384 g/mol. The van der Waals surface area contributed by atoms with Gasteiger partial charge in [0.1, 0.15) is 0 Å². The number of non-ortho nitro benzene ring substituents is 1. The average Bonchev–Trinajstić information content (AvgIpc) is 2.74. The first kappa shape index (κ1) is 20.5. The van der Waals surface area contributed by atoms with Crippen molar-refractivity contribution in [1.29, 1.82) is 0 Å². The zero-order valence-electron chi connectivity index (χ0n) is 16.0. The number of hydrogen-bond donors (Lipinski definition) is 2. The van der Waals surface area contributed by atoms with Crippen molar-refractivity contribution >= 4 is 34.9 Å². The molecule has 2 N–H and O–H groups in total. The van der Waals surface area contributed by atoms with Gasteiger partial charge in [-0.25, -0.2) is 4.79 Å². The van der Waals surface area contributed by atoms with Crippen LogP contribution in [-0.4, -0.2) is 21.9 Å². The summed E-state index contributed by atoms with van der Waals surface area (Å²) in [5, 5.41) is 23.2. The van der Waals surface area contributed by atoms with Crippen molar-refractivity contribution in [3.63, 3.8) is 0 Å². The molecule has 0 saturated heterocycles. The Hall–Kier alpha value is -4.26. The summed E-state index contributed by atoms with van der Waals surface area (Å²) in [6, 6.07) is 19.0. The molecule has 0 aliphatic rings. The standard InChI is InChI=1S/C23H18N2O5/c1-15-6-10-17(11-7-15)24-22(26)21(19-4-2-3-5-20(19)23(27)28)14-16-8-12-18(13-9-16)25(29)30/h2-14H,1H3,(H,24,26)(H,27,28)/b21-14+. The molecule has 0 atom stereocenters. The number of carboxylic acid groups (broad SMARTS) is 1. The summed E-state index contributed by atoms with van der Waals surface area (Å²) in [6.45, 7) is 1.93. The number of aromatic carboxylic acids is 1. The number of anilines is 1. The molecule has 3 rings (SSSR count). The van der Waals surface area contributed by atoms with Crippen molar-refractivity contribution < 1.29 is 19.6 Å². The van der Waals surface area contributed by atoms with Crippen LogP contribution in [0.2, 0.25) is 0 Å². The van der Waals surface area contributed by atoms with Crippen molar-refractivity contribution in [2.45, 2.75) is 6.92 Å². The molecule has 3 aromatic carbocycles. The van der Waals surface area contributed by atoms with E-state index in [4.69, 9.17) is 0 Å². The lowest BCUT2D eigenvalue weighted by atomic mass is 9.96. The minimum atomic E-state index is -1.16. The molecule has 0 radical (unpaired) electrons. The second kappa shape index (κ2) is 8.83. The van der Waals surface area contributed by atoms with E-state index in [1.807, 2.05) is 19.1 Å². The van der Waals surface area contributed by atoms with Gasteiger partial charge >= 0.3 is 5.97 Å². The molecule has 150 valence electrons. The van der Waals surface area contributed by atoms with E-state index in [-0.39, 0.29) is 22.4 Å². The smallest absolute Gasteiger partial charge is 0.336 e. The number of nitrogens with zero attached hydrogens (tertiary/aromatic N) is 1. The molecule has 0 aromatic heterocycles. The van der Waals surface area contributed by atoms with Gasteiger partial charge in [0.2, 0.25) is 0 Å². The number of nitrogens with one attached hydrogen (secondary N) is 1. The van der Waals surface area contributed by atoms with E-state index >= 15 is 0 Å². The maximum atomic E-state index is 13.1. The fourth-order valence-corrected chi connectivity index (χ4v) is 2.86. The van der Waals surface area contributed by atoms with Crippen LogP contribution in [0.25, 0.3) is 11.6 Å². The highest BCUT2D eigenvalue weighted by molar-refractivity contribution is 6.30. The molecule has 0 heterocycles. The van der Waals surface area contributed by atoms with E-state index in [1.54, 1.807) is 30.3 Å². The van der Waals surface area contributed by atoms with Crippen LogP contribution in [0.3, 0.4) is 0 Å². The van der Waals surface area contributed by atoms with Crippen molar-refractivity contribution in [3.05, 3.63) is 105 Å². The lowest BCUT2D eigenvalue weighted by molar-refractivity contribution is -0.384. The zero-order valence-corrected chi connectivity index (χ0v) is 16.0. The molecule has 3 aromatic rings. The van der Waals surface area contributed by atoms with Crippen LogP contribution in [0.1, 0.15) is 27.0 Å². The molecule has 30 heavy (non-hydrogen) atoms. The Morgan fingerprint density at radius 3 is 2.10 bits per heavy atom. The summed E-state index contributed by atoms with van der Waals surface area (Å²) in [5.74, 6) is -1.66. The summed E-state index contributed by atoms with van der Waals surface area (Å²) in [5.41, 5.74) is 2.39. The van der Waals surface area contributed by atoms with Gasteiger partial charge in [0.05, 0.1) is 10.5 Å². The third-order valence-corrected chi connectivity index (χ3v) is 4.42. The number of hydrogen-bond acceptors (Lipinski definition) is 4. The number of nitro benzene ring substituents is 1. The number of benzene rings is 3. The molecule has 0 unspecified atom stereocenters. The van der Waals surface area contributed by atoms with Gasteiger partial charge in [0.25, 0.3) is 11.6 Å². The predicted molar refractivity (Wildman–Crippen MR) is 114 cm³/mol. The molecule has 0 fully saturated rings. The molecular formula is C23H18N2O5. The second-order valence-corrected chi connectivity index (χ2v) is 6.58. The largest absolute Gasteiger partial charge is 0.478 e. The van der Waals surface area contributed by atoms with E-state index in [9.17, 15) is 24.8 Å². The highest BCUT2D eigenvalue weighted by Crippen LogP contribution is 2.25. The third-order valence-electron chi connectivity index (χ3n) is 4.42. The Balaban J connectivity index is 2.06. The monoisotopic (exact) mass is 402 g/mol. The van der Waals surface area contributed by atoms with E-state index in [0.717, 1.165) is 5.56 Å². The Morgan fingerprint density at radius 2 is 1.53 bits per heavy atom. The Kier molecular flexibility index (Phi) is 6.03. The lowest BCUT2D eigenvalue weighted by Gasteiger charge is -2.12. The van der Waals surface area contributed by atoms with Crippen LogP contribution < -0.4 is 5.32 Å². The topological polar surface area (TPSA) is 110 Å². The number of rotatable bonds is 6. The Morgan fingerprint density at radius 1 is 0.933 bits per heavy atom. The van der Waals surface area contributed by atoms with Crippen molar-refractivity contribution in [2.24, 2.45) is 0 Å². The van der Waals surface area contributed by atoms with Crippen LogP contribution >= 0.6 is 0 Å². The highest BCUT2D eigenvalue weighted by Gasteiger charge is 2.19. The van der Waals surface area contributed by atoms with Gasteiger partial charge in [-0.2, -0.15) is 0 Å². The summed E-state index contributed by atoms with van der Waals surface area (Å²) >= 11 is 0. The number of amides is 1. The van der Waals surface area contributed by atoms with Gasteiger partial charge in [-0.05, 0) is 48.9 Å². The summed E-state index contributed by atoms with van der Waals surface area (Å²) in [6.07, 6.45) is 1.51. The first-order chi connectivity index (χ1) is 14.3. The molecule has 0 spiro atoms. The number of carbonyl (C=O) groups is 2. The van der Waals surface area contributed by atoms with Gasteiger partial charge in [-0.1, -0.05) is 35.9 Å². The van der Waals surface area contributed by atoms with Crippen LogP contribution in [0.4, 0.5) is 11.4 Å². The molecule has 7 nitrogen and oxygen atoms in total. The maximum absolute atomic E-state index is 13.1. The van der Waals surface area contributed by atoms with Gasteiger partial charge < -0.3 is 10.4 Å². The fourth-order valence-electron chi connectivity index (χ4n) is 2.86. The van der Waals surface area contributed by atoms with Crippen molar-refractivity contribution in [2.75, 3.05) is 5.32 Å². The third kappa shape index (κ3) is 4.77. The minimum absolute atomic E-state index is 0.0234. The number of carboxylic acids is 1. The van der Waals surface area contributed by atoms with E-state index < -0.39 is 16.8 Å². The average molecular weight is 402 g/mol. The Labute approximate surface area is 172 Å². The zero-order chi connectivity index (χ0) is 21.7. The minimum Gasteiger partial charge on any atom is -0.478 e. The van der Waals surface area contributed by atoms with Crippen LogP contribution in [0.15, 0.2) is 72.8 Å². The second-order valence-electron chi connectivity index (χ2n) is 6.58. The van der Waals surface area contributed by atoms with Gasteiger partial charge in [-0.3, -0.25) is 14.9 Å².